The number of carboxylic acid groups (broad SMARTS) is 2. The number of carbonyl (C=O) groups is 2. The SMILES string of the molecule is C=C(CC(=O)O)C(=O)O.N. The van der Waals surface area contributed by atoms with Crippen molar-refractivity contribution in [2.75, 3.05) is 0 Å². The molecule has 5 nitrogen and oxygen atoms in total. The van der Waals surface area contributed by atoms with Crippen LogP contribution in [0.1, 0.15) is 6.42 Å². The zero-order valence-electron chi connectivity index (χ0n) is 5.33. The predicted octanol–water partition coefficient (Wildman–Crippen LogP) is 0.264. The molecule has 0 spiro atoms. The highest BCUT2D eigenvalue weighted by Crippen LogP contribution is 1.95. The summed E-state index contributed by atoms with van der Waals surface area (Å²) in [5.41, 5.74) is -0.303. The first-order valence-electron chi connectivity index (χ1n) is 2.17. The van der Waals surface area contributed by atoms with Gasteiger partial charge in [0.15, 0.2) is 0 Å². The first-order chi connectivity index (χ1) is 4.04. The summed E-state index contributed by atoms with van der Waals surface area (Å²) in [5, 5.41) is 16.1. The lowest BCUT2D eigenvalue weighted by Crippen LogP contribution is -2.04. The number of carboxylic acids is 2. The second-order valence-corrected chi connectivity index (χ2v) is 1.48. The van der Waals surface area contributed by atoms with Crippen molar-refractivity contribution in [2.24, 2.45) is 0 Å². The van der Waals surface area contributed by atoms with Gasteiger partial charge in [-0.3, -0.25) is 4.79 Å². The standard InChI is InChI=1S/C5H6O4.H3N/c1-3(5(8)9)2-4(6)7;/h1-2H2,(H,6,7)(H,8,9);1H3. The van der Waals surface area contributed by atoms with Crippen LogP contribution in [0.5, 0.6) is 0 Å². The van der Waals surface area contributed by atoms with Gasteiger partial charge in [-0.05, 0) is 0 Å². The van der Waals surface area contributed by atoms with Crippen LogP contribution in [-0.4, -0.2) is 22.2 Å². The van der Waals surface area contributed by atoms with E-state index in [0.29, 0.717) is 0 Å². The number of hydrogen-bond donors (Lipinski definition) is 3. The summed E-state index contributed by atoms with van der Waals surface area (Å²) >= 11 is 0. The van der Waals surface area contributed by atoms with Gasteiger partial charge < -0.3 is 16.4 Å². The summed E-state index contributed by atoms with van der Waals surface area (Å²) < 4.78 is 0. The molecule has 0 aliphatic carbocycles. The van der Waals surface area contributed by atoms with E-state index in [1.165, 1.54) is 0 Å². The molecule has 0 atom stereocenters. The van der Waals surface area contributed by atoms with Crippen LogP contribution in [0.15, 0.2) is 12.2 Å². The smallest absolute Gasteiger partial charge is 0.331 e. The molecule has 0 heterocycles. The van der Waals surface area contributed by atoms with Gasteiger partial charge in [0, 0.05) is 5.57 Å². The Bertz CT molecular complexity index is 163. The van der Waals surface area contributed by atoms with Crippen molar-refractivity contribution < 1.29 is 19.8 Å². The highest BCUT2D eigenvalue weighted by Gasteiger charge is 2.07. The third-order valence-electron chi connectivity index (χ3n) is 0.667. The van der Waals surface area contributed by atoms with E-state index in [1.54, 1.807) is 0 Å². The molecule has 0 fully saturated rings. The van der Waals surface area contributed by atoms with Crippen molar-refractivity contribution in [2.45, 2.75) is 6.42 Å². The molecule has 0 amide bonds. The molecule has 0 aliphatic heterocycles. The molecular formula is C5H9NO4. The van der Waals surface area contributed by atoms with Crippen LogP contribution in [0, 0.1) is 0 Å². The van der Waals surface area contributed by atoms with Crippen LogP contribution < -0.4 is 6.15 Å². The fraction of sp³-hybridized carbons (Fsp3) is 0.200. The molecule has 0 aromatic rings. The molecule has 0 saturated heterocycles. The third-order valence-corrected chi connectivity index (χ3v) is 0.667. The quantitative estimate of drug-likeness (QED) is 0.496. The normalized spacial score (nSPS) is 7.60. The average molecular weight is 147 g/mol. The molecule has 0 bridgehead atoms. The van der Waals surface area contributed by atoms with Gasteiger partial charge in [-0.25, -0.2) is 4.79 Å². The third kappa shape index (κ3) is 4.79. The van der Waals surface area contributed by atoms with Crippen LogP contribution in [0.3, 0.4) is 0 Å². The van der Waals surface area contributed by atoms with Gasteiger partial charge in [0.1, 0.15) is 0 Å². The van der Waals surface area contributed by atoms with E-state index in [4.69, 9.17) is 10.2 Å². The monoisotopic (exact) mass is 147 g/mol. The maximum atomic E-state index is 9.87. The number of rotatable bonds is 3. The Morgan fingerprint density at radius 1 is 1.30 bits per heavy atom. The molecule has 0 unspecified atom stereocenters. The molecule has 0 aromatic carbocycles. The molecule has 0 rings (SSSR count). The van der Waals surface area contributed by atoms with E-state index in [1.807, 2.05) is 0 Å². The van der Waals surface area contributed by atoms with Gasteiger partial charge in [0.05, 0.1) is 6.42 Å². The highest BCUT2D eigenvalue weighted by atomic mass is 16.4. The second-order valence-electron chi connectivity index (χ2n) is 1.48. The summed E-state index contributed by atoms with van der Waals surface area (Å²) in [6.07, 6.45) is -0.505. The lowest BCUT2D eigenvalue weighted by molar-refractivity contribution is -0.139. The van der Waals surface area contributed by atoms with Crippen molar-refractivity contribution >= 4 is 11.9 Å². The molecule has 58 valence electrons. The van der Waals surface area contributed by atoms with Crippen molar-refractivity contribution in [1.82, 2.24) is 6.15 Å². The summed E-state index contributed by atoms with van der Waals surface area (Å²) in [6, 6.07) is 0. The summed E-state index contributed by atoms with van der Waals surface area (Å²) in [7, 11) is 0. The van der Waals surface area contributed by atoms with E-state index in [0.717, 1.165) is 0 Å². The first-order valence-corrected chi connectivity index (χ1v) is 2.17. The highest BCUT2D eigenvalue weighted by molar-refractivity contribution is 5.91. The Kier molecular flexibility index (Phi) is 5.16. The number of hydrogen-bond acceptors (Lipinski definition) is 3. The van der Waals surface area contributed by atoms with Crippen molar-refractivity contribution in [3.8, 4) is 0 Å². The van der Waals surface area contributed by atoms with Crippen molar-refractivity contribution in [3.63, 3.8) is 0 Å². The minimum absolute atomic E-state index is 0. The van der Waals surface area contributed by atoms with E-state index in [2.05, 4.69) is 6.58 Å². The Hall–Kier alpha value is -1.36. The largest absolute Gasteiger partial charge is 0.481 e. The zero-order valence-corrected chi connectivity index (χ0v) is 5.33. The van der Waals surface area contributed by atoms with Crippen LogP contribution in [0.2, 0.25) is 0 Å². The van der Waals surface area contributed by atoms with Gasteiger partial charge in [0.2, 0.25) is 0 Å². The van der Waals surface area contributed by atoms with E-state index < -0.39 is 18.4 Å². The van der Waals surface area contributed by atoms with Gasteiger partial charge in [-0.15, -0.1) is 0 Å². The Morgan fingerprint density at radius 3 is 1.80 bits per heavy atom. The maximum absolute atomic E-state index is 9.87. The maximum Gasteiger partial charge on any atom is 0.331 e. The Balaban J connectivity index is 0. The summed E-state index contributed by atoms with van der Waals surface area (Å²) in [5.74, 6) is -2.44. The summed E-state index contributed by atoms with van der Waals surface area (Å²) in [4.78, 5) is 19.7. The molecule has 5 N–H and O–H groups in total. The van der Waals surface area contributed by atoms with Gasteiger partial charge in [-0.1, -0.05) is 6.58 Å². The van der Waals surface area contributed by atoms with Gasteiger partial charge in [0.25, 0.3) is 0 Å². The second kappa shape index (κ2) is 4.51. The molecular weight excluding hydrogens is 138 g/mol. The number of aliphatic carboxylic acids is 2. The fourth-order valence-corrected chi connectivity index (χ4v) is 0.258. The van der Waals surface area contributed by atoms with Gasteiger partial charge in [-0.2, -0.15) is 0 Å². The topological polar surface area (TPSA) is 110 Å². The minimum atomic E-state index is -1.27. The van der Waals surface area contributed by atoms with Crippen LogP contribution >= 0.6 is 0 Å². The molecule has 0 saturated carbocycles. The Morgan fingerprint density at radius 2 is 1.70 bits per heavy atom. The van der Waals surface area contributed by atoms with Crippen LogP contribution in [0.25, 0.3) is 0 Å². The molecule has 0 aliphatic rings. The van der Waals surface area contributed by atoms with E-state index >= 15 is 0 Å². The van der Waals surface area contributed by atoms with Gasteiger partial charge >= 0.3 is 11.9 Å². The molecule has 0 aromatic heterocycles. The fourth-order valence-electron chi connectivity index (χ4n) is 0.258. The lowest BCUT2D eigenvalue weighted by Gasteiger charge is -1.91. The molecule has 10 heavy (non-hydrogen) atoms. The summed E-state index contributed by atoms with van der Waals surface area (Å²) in [6.45, 7) is 3.01. The lowest BCUT2D eigenvalue weighted by atomic mass is 10.2. The van der Waals surface area contributed by atoms with Crippen molar-refractivity contribution in [1.29, 1.82) is 0 Å². The van der Waals surface area contributed by atoms with Crippen LogP contribution in [0.4, 0.5) is 0 Å². The van der Waals surface area contributed by atoms with E-state index in [9.17, 15) is 9.59 Å². The zero-order chi connectivity index (χ0) is 7.44. The first kappa shape index (κ1) is 11.4. The molecule has 5 heteroatoms. The van der Waals surface area contributed by atoms with Crippen molar-refractivity contribution in [3.05, 3.63) is 12.2 Å². The van der Waals surface area contributed by atoms with Crippen LogP contribution in [-0.2, 0) is 9.59 Å². The average Bonchev–Trinajstić information content (AvgIpc) is 1.63. The Labute approximate surface area is 57.6 Å². The minimum Gasteiger partial charge on any atom is -0.481 e. The van der Waals surface area contributed by atoms with E-state index in [-0.39, 0.29) is 11.7 Å². The predicted molar refractivity (Wildman–Crippen MR) is 34.1 cm³/mol. The molecule has 0 radical (unpaired) electrons.